The molecule has 0 bridgehead atoms. The Hall–Kier alpha value is -2.89. The fourth-order valence-corrected chi connectivity index (χ4v) is 2.44. The molecule has 0 aliphatic rings. The van der Waals surface area contributed by atoms with Crippen LogP contribution in [0.5, 0.6) is 5.75 Å². The molecule has 0 saturated carbocycles. The normalized spacial score (nSPS) is 12.2. The number of fused-ring (bicyclic) bond motifs is 1. The molecule has 6 heteroatoms. The number of halogens is 2. The second-order valence-electron chi connectivity index (χ2n) is 5.36. The Morgan fingerprint density at radius 3 is 2.67 bits per heavy atom. The molecule has 0 aliphatic carbocycles. The lowest BCUT2D eigenvalue weighted by molar-refractivity contribution is 0.0914. The Balaban J connectivity index is 1.82. The van der Waals surface area contributed by atoms with Gasteiger partial charge in [0.25, 0.3) is 5.91 Å². The lowest BCUT2D eigenvalue weighted by Gasteiger charge is -2.13. The first kappa shape index (κ1) is 16.0. The number of carbonyl (C=O) groups is 1. The van der Waals surface area contributed by atoms with Crippen LogP contribution in [0.4, 0.5) is 8.78 Å². The number of hydrogen-bond acceptors (Lipinski definition) is 3. The number of rotatable bonds is 4. The highest BCUT2D eigenvalue weighted by molar-refractivity contribution is 5.97. The number of ether oxygens (including phenoxy) is 1. The molecule has 0 saturated heterocycles. The van der Waals surface area contributed by atoms with Gasteiger partial charge in [0, 0.05) is 5.39 Å². The Labute approximate surface area is 137 Å². The van der Waals surface area contributed by atoms with Crippen LogP contribution in [0.2, 0.25) is 0 Å². The molecular weight excluding hydrogens is 316 g/mol. The van der Waals surface area contributed by atoms with Gasteiger partial charge >= 0.3 is 0 Å². The molecule has 2 aromatic carbocycles. The third-order valence-corrected chi connectivity index (χ3v) is 3.74. The van der Waals surface area contributed by atoms with E-state index in [-0.39, 0.29) is 5.76 Å². The number of benzene rings is 2. The fourth-order valence-electron chi connectivity index (χ4n) is 2.44. The fraction of sp³-hybridized carbons (Fsp3) is 0.167. The predicted octanol–water partition coefficient (Wildman–Crippen LogP) is 4.21. The summed E-state index contributed by atoms with van der Waals surface area (Å²) in [6.07, 6.45) is 0. The van der Waals surface area contributed by atoms with E-state index in [0.29, 0.717) is 16.9 Å². The molecule has 3 rings (SSSR count). The van der Waals surface area contributed by atoms with Gasteiger partial charge in [-0.25, -0.2) is 8.78 Å². The monoisotopic (exact) mass is 331 g/mol. The molecule has 0 aliphatic heterocycles. The average molecular weight is 331 g/mol. The van der Waals surface area contributed by atoms with Crippen molar-refractivity contribution < 1.29 is 22.7 Å². The zero-order valence-electron chi connectivity index (χ0n) is 13.1. The van der Waals surface area contributed by atoms with E-state index >= 15 is 0 Å². The van der Waals surface area contributed by atoms with E-state index in [2.05, 4.69) is 5.32 Å². The summed E-state index contributed by atoms with van der Waals surface area (Å²) < 4.78 is 37.0. The number of nitrogens with one attached hydrogen (secondary N) is 1. The van der Waals surface area contributed by atoms with Gasteiger partial charge in [-0.3, -0.25) is 4.79 Å². The van der Waals surface area contributed by atoms with Crippen molar-refractivity contribution in [3.05, 3.63) is 65.4 Å². The molecule has 124 valence electrons. The van der Waals surface area contributed by atoms with Gasteiger partial charge < -0.3 is 14.5 Å². The maximum Gasteiger partial charge on any atom is 0.287 e. The molecule has 4 nitrogen and oxygen atoms in total. The summed E-state index contributed by atoms with van der Waals surface area (Å²) in [5, 5.41) is 3.43. The molecule has 1 heterocycles. The average Bonchev–Trinajstić information content (AvgIpc) is 3.01. The van der Waals surface area contributed by atoms with E-state index < -0.39 is 23.6 Å². The van der Waals surface area contributed by atoms with Crippen LogP contribution < -0.4 is 10.1 Å². The highest BCUT2D eigenvalue weighted by Gasteiger charge is 2.18. The zero-order valence-corrected chi connectivity index (χ0v) is 13.1. The SMILES string of the molecule is COc1cccc2cc(C(=O)NC(C)c3ccc(F)c(F)c3)oc12. The van der Waals surface area contributed by atoms with Gasteiger partial charge in [-0.15, -0.1) is 0 Å². The lowest BCUT2D eigenvalue weighted by Crippen LogP contribution is -2.26. The molecule has 0 fully saturated rings. The van der Waals surface area contributed by atoms with E-state index in [1.54, 1.807) is 31.2 Å². The minimum absolute atomic E-state index is 0.115. The topological polar surface area (TPSA) is 51.5 Å². The third kappa shape index (κ3) is 2.95. The smallest absolute Gasteiger partial charge is 0.287 e. The first-order chi connectivity index (χ1) is 11.5. The van der Waals surface area contributed by atoms with Crippen LogP contribution >= 0.6 is 0 Å². The van der Waals surface area contributed by atoms with Crippen molar-refractivity contribution in [2.75, 3.05) is 7.11 Å². The minimum Gasteiger partial charge on any atom is -0.493 e. The Kier molecular flexibility index (Phi) is 4.20. The number of para-hydroxylation sites is 1. The number of furan rings is 1. The van der Waals surface area contributed by atoms with E-state index in [4.69, 9.17) is 9.15 Å². The van der Waals surface area contributed by atoms with Crippen molar-refractivity contribution in [3.8, 4) is 5.75 Å². The van der Waals surface area contributed by atoms with Crippen LogP contribution in [-0.2, 0) is 0 Å². The maximum absolute atomic E-state index is 13.3. The van der Waals surface area contributed by atoms with Gasteiger partial charge in [0.2, 0.25) is 0 Å². The van der Waals surface area contributed by atoms with Crippen molar-refractivity contribution >= 4 is 16.9 Å². The van der Waals surface area contributed by atoms with E-state index in [0.717, 1.165) is 17.5 Å². The highest BCUT2D eigenvalue weighted by atomic mass is 19.2. The van der Waals surface area contributed by atoms with Crippen LogP contribution in [0.15, 0.2) is 46.9 Å². The van der Waals surface area contributed by atoms with Crippen molar-refractivity contribution in [1.82, 2.24) is 5.32 Å². The molecule has 3 aromatic rings. The molecular formula is C18H15F2NO3. The standard InChI is InChI=1S/C18H15F2NO3/c1-10(11-6-7-13(19)14(20)8-11)21-18(22)16-9-12-4-3-5-15(23-2)17(12)24-16/h3-10H,1-2H3,(H,21,22). The largest absolute Gasteiger partial charge is 0.493 e. The summed E-state index contributed by atoms with van der Waals surface area (Å²) in [6.45, 7) is 1.67. The maximum atomic E-state index is 13.3. The summed E-state index contributed by atoms with van der Waals surface area (Å²) >= 11 is 0. The van der Waals surface area contributed by atoms with Gasteiger partial charge in [0.1, 0.15) is 0 Å². The van der Waals surface area contributed by atoms with E-state index in [1.165, 1.54) is 13.2 Å². The number of carbonyl (C=O) groups excluding carboxylic acids is 1. The Morgan fingerprint density at radius 2 is 1.96 bits per heavy atom. The molecule has 1 amide bonds. The molecule has 24 heavy (non-hydrogen) atoms. The van der Waals surface area contributed by atoms with Crippen LogP contribution in [0.1, 0.15) is 29.1 Å². The Morgan fingerprint density at radius 1 is 1.17 bits per heavy atom. The quantitative estimate of drug-likeness (QED) is 0.779. The summed E-state index contributed by atoms with van der Waals surface area (Å²) in [5.74, 6) is -1.70. The van der Waals surface area contributed by atoms with Gasteiger partial charge in [0.05, 0.1) is 13.2 Å². The van der Waals surface area contributed by atoms with Gasteiger partial charge in [-0.05, 0) is 36.8 Å². The van der Waals surface area contributed by atoms with Crippen LogP contribution in [0.25, 0.3) is 11.0 Å². The molecule has 0 spiro atoms. The Bertz CT molecular complexity index is 904. The predicted molar refractivity (Wildman–Crippen MR) is 85.0 cm³/mol. The molecule has 1 atom stereocenters. The van der Waals surface area contributed by atoms with Gasteiger partial charge in [-0.1, -0.05) is 18.2 Å². The van der Waals surface area contributed by atoms with E-state index in [9.17, 15) is 13.6 Å². The molecule has 0 radical (unpaired) electrons. The highest BCUT2D eigenvalue weighted by Crippen LogP contribution is 2.28. The first-order valence-corrected chi connectivity index (χ1v) is 7.32. The van der Waals surface area contributed by atoms with Crippen molar-refractivity contribution in [3.63, 3.8) is 0 Å². The van der Waals surface area contributed by atoms with Crippen molar-refractivity contribution in [2.24, 2.45) is 0 Å². The third-order valence-electron chi connectivity index (χ3n) is 3.74. The van der Waals surface area contributed by atoms with Crippen LogP contribution in [0, 0.1) is 11.6 Å². The van der Waals surface area contributed by atoms with E-state index in [1.807, 2.05) is 0 Å². The number of hydrogen-bond donors (Lipinski definition) is 1. The minimum atomic E-state index is -0.956. The summed E-state index contributed by atoms with van der Waals surface area (Å²) in [6, 6.07) is 9.93. The second kappa shape index (κ2) is 6.31. The van der Waals surface area contributed by atoms with Gasteiger partial charge in [0.15, 0.2) is 28.7 Å². The molecule has 1 aromatic heterocycles. The summed E-state index contributed by atoms with van der Waals surface area (Å²) in [4.78, 5) is 12.3. The molecule has 1 unspecified atom stereocenters. The second-order valence-corrected chi connectivity index (χ2v) is 5.36. The van der Waals surface area contributed by atoms with Crippen molar-refractivity contribution in [2.45, 2.75) is 13.0 Å². The molecule has 1 N–H and O–H groups in total. The number of methoxy groups -OCH3 is 1. The number of amides is 1. The van der Waals surface area contributed by atoms with Crippen LogP contribution in [0.3, 0.4) is 0 Å². The van der Waals surface area contributed by atoms with Crippen molar-refractivity contribution in [1.29, 1.82) is 0 Å². The summed E-state index contributed by atoms with van der Waals surface area (Å²) in [5.41, 5.74) is 0.932. The first-order valence-electron chi connectivity index (χ1n) is 7.32. The lowest BCUT2D eigenvalue weighted by atomic mass is 10.1. The zero-order chi connectivity index (χ0) is 17.3. The van der Waals surface area contributed by atoms with Crippen LogP contribution in [-0.4, -0.2) is 13.0 Å². The van der Waals surface area contributed by atoms with Gasteiger partial charge in [-0.2, -0.15) is 0 Å². The summed E-state index contributed by atoms with van der Waals surface area (Å²) in [7, 11) is 1.52.